The molecular weight excluding hydrogens is 483 g/mol. The third kappa shape index (κ3) is 5.04. The van der Waals surface area contributed by atoms with Crippen LogP contribution in [0.25, 0.3) is 0 Å². The number of carbonyl (C=O) groups excluding carboxylic acids is 2. The highest BCUT2D eigenvalue weighted by Crippen LogP contribution is 2.50. The second-order valence-corrected chi connectivity index (χ2v) is 10.5. The number of hydrogen-bond donors (Lipinski definition) is 0. The molecule has 0 bridgehead atoms. The fourth-order valence-corrected chi connectivity index (χ4v) is 5.50. The van der Waals surface area contributed by atoms with Crippen LogP contribution in [0.3, 0.4) is 0 Å². The lowest BCUT2D eigenvalue weighted by Gasteiger charge is -2.29. The summed E-state index contributed by atoms with van der Waals surface area (Å²) in [6, 6.07) is 3.37. The van der Waals surface area contributed by atoms with E-state index in [1.807, 2.05) is 7.05 Å². The number of fused-ring (bicyclic) bond motifs is 1. The predicted molar refractivity (Wildman–Crippen MR) is 126 cm³/mol. The van der Waals surface area contributed by atoms with E-state index in [1.165, 1.54) is 28.8 Å². The van der Waals surface area contributed by atoms with Crippen LogP contribution in [-0.2, 0) is 17.5 Å². The molecule has 1 aromatic heterocycles. The van der Waals surface area contributed by atoms with E-state index in [-0.39, 0.29) is 29.3 Å². The Labute approximate surface area is 207 Å². The minimum absolute atomic E-state index is 0.0989. The van der Waals surface area contributed by atoms with Gasteiger partial charge in [0.25, 0.3) is 0 Å². The summed E-state index contributed by atoms with van der Waals surface area (Å²) in [6.45, 7) is 5.08. The first kappa shape index (κ1) is 25.5. The summed E-state index contributed by atoms with van der Waals surface area (Å²) in [7, 11) is 3.53. The van der Waals surface area contributed by atoms with Crippen LogP contribution in [0.15, 0.2) is 30.6 Å². The van der Waals surface area contributed by atoms with Gasteiger partial charge in [-0.1, -0.05) is 18.5 Å². The molecule has 1 unspecified atom stereocenters. The number of rotatable bonds is 4. The summed E-state index contributed by atoms with van der Waals surface area (Å²) in [5, 5.41) is 4.45. The first-order valence-corrected chi connectivity index (χ1v) is 11.8. The molecule has 2 amide bonds. The van der Waals surface area contributed by atoms with Gasteiger partial charge in [0, 0.05) is 44.7 Å². The molecule has 11 heteroatoms. The van der Waals surface area contributed by atoms with Crippen molar-refractivity contribution in [3.05, 3.63) is 46.7 Å². The van der Waals surface area contributed by atoms with E-state index in [2.05, 4.69) is 16.9 Å². The van der Waals surface area contributed by atoms with Crippen LogP contribution in [-0.4, -0.2) is 64.7 Å². The highest BCUT2D eigenvalue weighted by atomic mass is 35.5. The summed E-state index contributed by atoms with van der Waals surface area (Å²) in [6.07, 6.45) is 0.288. The van der Waals surface area contributed by atoms with Crippen molar-refractivity contribution >= 4 is 29.2 Å². The Kier molecular flexibility index (Phi) is 6.65. The predicted octanol–water partition coefficient (Wildman–Crippen LogP) is 4.74. The van der Waals surface area contributed by atoms with Crippen molar-refractivity contribution in [3.8, 4) is 0 Å². The van der Waals surface area contributed by atoms with E-state index in [0.29, 0.717) is 35.9 Å². The van der Waals surface area contributed by atoms with Gasteiger partial charge in [0.05, 0.1) is 23.6 Å². The van der Waals surface area contributed by atoms with E-state index < -0.39 is 11.7 Å². The van der Waals surface area contributed by atoms with Crippen LogP contribution in [0.2, 0.25) is 5.02 Å². The SMILES string of the molecule is CC(=O)N(C)c1cnn(C(=O)N2C[C@H]3C[C@@H](N(C)Cc4cc(C(F)(F)F)ccc4Cl)CC3(C)C2)c1. The zero-order valence-corrected chi connectivity index (χ0v) is 20.9. The molecule has 0 N–H and O–H groups in total. The molecule has 1 saturated heterocycles. The number of benzene rings is 1. The first-order chi connectivity index (χ1) is 16.3. The highest BCUT2D eigenvalue weighted by molar-refractivity contribution is 6.31. The molecule has 1 aromatic carbocycles. The summed E-state index contributed by atoms with van der Waals surface area (Å²) in [5.41, 5.74) is 0.198. The average Bonchev–Trinajstić information content (AvgIpc) is 3.45. The molecule has 0 spiro atoms. The van der Waals surface area contributed by atoms with Crippen molar-refractivity contribution in [3.63, 3.8) is 0 Å². The quantitative estimate of drug-likeness (QED) is 0.595. The molecule has 4 rings (SSSR count). The number of hydrogen-bond acceptors (Lipinski definition) is 4. The number of carbonyl (C=O) groups is 2. The van der Waals surface area contributed by atoms with Crippen molar-refractivity contribution in [2.24, 2.45) is 11.3 Å². The van der Waals surface area contributed by atoms with Crippen LogP contribution in [0.1, 0.15) is 37.8 Å². The van der Waals surface area contributed by atoms with Crippen molar-refractivity contribution < 1.29 is 22.8 Å². The Bertz CT molecular complexity index is 1140. The monoisotopic (exact) mass is 511 g/mol. The van der Waals surface area contributed by atoms with Gasteiger partial charge in [-0.25, -0.2) is 4.79 Å². The van der Waals surface area contributed by atoms with E-state index in [1.54, 1.807) is 18.1 Å². The Morgan fingerprint density at radius 3 is 2.63 bits per heavy atom. The maximum absolute atomic E-state index is 13.1. The number of anilines is 1. The van der Waals surface area contributed by atoms with E-state index >= 15 is 0 Å². The molecule has 1 saturated carbocycles. The zero-order chi connectivity index (χ0) is 25.7. The van der Waals surface area contributed by atoms with Crippen LogP contribution in [0.5, 0.6) is 0 Å². The normalized spacial score (nSPS) is 24.2. The number of halogens is 4. The largest absolute Gasteiger partial charge is 0.416 e. The van der Waals surface area contributed by atoms with Crippen molar-refractivity contribution in [2.75, 3.05) is 32.1 Å². The molecule has 1 aliphatic heterocycles. The lowest BCUT2D eigenvalue weighted by molar-refractivity contribution is -0.137. The van der Waals surface area contributed by atoms with E-state index in [4.69, 9.17) is 11.6 Å². The topological polar surface area (TPSA) is 61.7 Å². The maximum Gasteiger partial charge on any atom is 0.416 e. The van der Waals surface area contributed by atoms with Gasteiger partial charge in [-0.05, 0) is 55.0 Å². The molecule has 3 atom stereocenters. The minimum atomic E-state index is -4.41. The number of alkyl halides is 3. The third-order valence-electron chi connectivity index (χ3n) is 7.55. The first-order valence-electron chi connectivity index (χ1n) is 11.4. The van der Waals surface area contributed by atoms with Crippen LogP contribution < -0.4 is 4.90 Å². The molecule has 0 radical (unpaired) electrons. The fourth-order valence-electron chi connectivity index (χ4n) is 5.33. The summed E-state index contributed by atoms with van der Waals surface area (Å²) in [4.78, 5) is 29.9. The minimum Gasteiger partial charge on any atom is -0.322 e. The van der Waals surface area contributed by atoms with Gasteiger partial charge in [0.15, 0.2) is 0 Å². The third-order valence-corrected chi connectivity index (χ3v) is 7.92. The van der Waals surface area contributed by atoms with Gasteiger partial charge in [-0.3, -0.25) is 9.69 Å². The van der Waals surface area contributed by atoms with Gasteiger partial charge in [-0.15, -0.1) is 0 Å². The molecular formula is C24H29ClF3N5O2. The summed E-state index contributed by atoms with van der Waals surface area (Å²) in [5.74, 6) is 0.118. The summed E-state index contributed by atoms with van der Waals surface area (Å²) >= 11 is 6.20. The Hall–Kier alpha value is -2.59. The number of likely N-dealkylation sites (tertiary alicyclic amines) is 1. The number of amides is 2. The van der Waals surface area contributed by atoms with Gasteiger partial charge < -0.3 is 9.80 Å². The molecule has 190 valence electrons. The second kappa shape index (κ2) is 9.13. The lowest BCUT2D eigenvalue weighted by atomic mass is 9.83. The van der Waals surface area contributed by atoms with Crippen LogP contribution in [0.4, 0.5) is 23.7 Å². The number of nitrogens with zero attached hydrogens (tertiary/aromatic N) is 5. The lowest BCUT2D eigenvalue weighted by Crippen LogP contribution is -2.37. The highest BCUT2D eigenvalue weighted by Gasteiger charge is 2.52. The summed E-state index contributed by atoms with van der Waals surface area (Å²) < 4.78 is 40.7. The molecule has 1 aliphatic carbocycles. The van der Waals surface area contributed by atoms with Crippen molar-refractivity contribution in [1.29, 1.82) is 0 Å². The Morgan fingerprint density at radius 1 is 1.29 bits per heavy atom. The van der Waals surface area contributed by atoms with E-state index in [0.717, 1.165) is 25.0 Å². The molecule has 2 aliphatic rings. The van der Waals surface area contributed by atoms with Crippen molar-refractivity contribution in [1.82, 2.24) is 19.6 Å². The molecule has 2 aromatic rings. The zero-order valence-electron chi connectivity index (χ0n) is 20.1. The smallest absolute Gasteiger partial charge is 0.322 e. The fraction of sp³-hybridized carbons (Fsp3) is 0.542. The maximum atomic E-state index is 13.1. The molecule has 2 fully saturated rings. The standard InChI is InChI=1S/C24H29ClF3N5O2/c1-15(34)31(4)20-10-29-33(13-20)22(35)32-12-18-8-19(9-23(18,2)14-32)30(3)11-16-7-17(24(26,27)28)5-6-21(16)25/h5-7,10,13,18-19H,8-9,11-12,14H2,1-4H3/t18-,19-,23?/m1/s1. The van der Waals surface area contributed by atoms with Crippen molar-refractivity contribution in [2.45, 2.75) is 45.5 Å². The molecule has 35 heavy (non-hydrogen) atoms. The molecule has 7 nitrogen and oxygen atoms in total. The van der Waals surface area contributed by atoms with Gasteiger partial charge in [-0.2, -0.15) is 23.0 Å². The molecule has 2 heterocycles. The average molecular weight is 512 g/mol. The van der Waals surface area contributed by atoms with Gasteiger partial charge in [0.2, 0.25) is 5.91 Å². The van der Waals surface area contributed by atoms with Crippen LogP contribution >= 0.6 is 11.6 Å². The second-order valence-electron chi connectivity index (χ2n) is 10.0. The van der Waals surface area contributed by atoms with Gasteiger partial charge >= 0.3 is 12.2 Å². The van der Waals surface area contributed by atoms with Gasteiger partial charge in [0.1, 0.15) is 0 Å². The number of aromatic nitrogens is 2. The van der Waals surface area contributed by atoms with E-state index in [9.17, 15) is 22.8 Å². The Morgan fingerprint density at radius 2 is 2.00 bits per heavy atom. The Balaban J connectivity index is 1.40. The van der Waals surface area contributed by atoms with Crippen LogP contribution in [0, 0.1) is 11.3 Å².